The van der Waals surface area contributed by atoms with Crippen LogP contribution in [0, 0.1) is 18.8 Å². The van der Waals surface area contributed by atoms with Crippen molar-refractivity contribution in [1.29, 1.82) is 0 Å². The lowest BCUT2D eigenvalue weighted by Gasteiger charge is -1.98. The first-order valence-corrected chi connectivity index (χ1v) is 5.41. The quantitative estimate of drug-likeness (QED) is 0.768. The number of methoxy groups -OCH3 is 1. The number of hydrogen-bond acceptors (Lipinski definition) is 3. The topological polar surface area (TPSA) is 55.0 Å². The predicted octanol–water partition coefficient (Wildman–Crippen LogP) is 1.49. The zero-order valence-corrected chi connectivity index (χ0v) is 10.2. The maximum Gasteiger partial charge on any atom is 0.267 e. The molecule has 0 fully saturated rings. The first kappa shape index (κ1) is 11.9. The zero-order chi connectivity index (χ0) is 13.0. The zero-order valence-electron chi connectivity index (χ0n) is 10.2. The Morgan fingerprint density at radius 2 is 2.11 bits per heavy atom. The van der Waals surface area contributed by atoms with Gasteiger partial charge in [-0.1, -0.05) is 12.0 Å². The summed E-state index contributed by atoms with van der Waals surface area (Å²) in [5.41, 5.74) is 1.77. The van der Waals surface area contributed by atoms with Crippen LogP contribution in [0.4, 0.5) is 0 Å². The minimum absolute atomic E-state index is 0.193. The van der Waals surface area contributed by atoms with Gasteiger partial charge < -0.3 is 4.74 Å². The molecule has 0 atom stereocenters. The standard InChI is InChI=1S/C14H12N2O2/c1-10-8-12(15-16-14(10)17)7-6-11-4-3-5-13(9-11)18-2/h3-5,8-9H,1-2H3,(H,16,17). The summed E-state index contributed by atoms with van der Waals surface area (Å²) in [7, 11) is 1.61. The van der Waals surface area contributed by atoms with Gasteiger partial charge in [-0.25, -0.2) is 5.10 Å². The van der Waals surface area contributed by atoms with Gasteiger partial charge in [0.2, 0.25) is 0 Å². The summed E-state index contributed by atoms with van der Waals surface area (Å²) in [5.74, 6) is 6.62. The molecule has 0 bridgehead atoms. The molecule has 0 aliphatic rings. The van der Waals surface area contributed by atoms with E-state index in [2.05, 4.69) is 22.0 Å². The van der Waals surface area contributed by atoms with Crippen LogP contribution in [0.3, 0.4) is 0 Å². The van der Waals surface area contributed by atoms with Crippen LogP contribution in [0.2, 0.25) is 0 Å². The van der Waals surface area contributed by atoms with E-state index in [-0.39, 0.29) is 5.56 Å². The van der Waals surface area contributed by atoms with Gasteiger partial charge in [-0.2, -0.15) is 5.10 Å². The van der Waals surface area contributed by atoms with E-state index in [1.807, 2.05) is 24.3 Å². The number of nitrogens with one attached hydrogen (secondary N) is 1. The lowest BCUT2D eigenvalue weighted by atomic mass is 10.2. The highest BCUT2D eigenvalue weighted by atomic mass is 16.5. The van der Waals surface area contributed by atoms with Crippen LogP contribution in [0.5, 0.6) is 5.75 Å². The van der Waals surface area contributed by atoms with Gasteiger partial charge in [-0.05, 0) is 37.1 Å². The smallest absolute Gasteiger partial charge is 0.267 e. The summed E-state index contributed by atoms with van der Waals surface area (Å²) < 4.78 is 5.11. The van der Waals surface area contributed by atoms with E-state index in [0.717, 1.165) is 11.3 Å². The number of aromatic nitrogens is 2. The van der Waals surface area contributed by atoms with Crippen molar-refractivity contribution < 1.29 is 4.74 Å². The molecule has 0 amide bonds. The van der Waals surface area contributed by atoms with Crippen molar-refractivity contribution in [2.75, 3.05) is 7.11 Å². The number of rotatable bonds is 1. The Morgan fingerprint density at radius 1 is 1.28 bits per heavy atom. The van der Waals surface area contributed by atoms with Crippen LogP contribution in [-0.2, 0) is 0 Å². The molecule has 1 heterocycles. The molecule has 2 rings (SSSR count). The molecule has 1 aromatic heterocycles. The van der Waals surface area contributed by atoms with Crippen molar-refractivity contribution in [1.82, 2.24) is 10.2 Å². The number of nitrogens with zero attached hydrogens (tertiary/aromatic N) is 1. The van der Waals surface area contributed by atoms with E-state index in [1.165, 1.54) is 0 Å². The molecule has 90 valence electrons. The van der Waals surface area contributed by atoms with Gasteiger partial charge >= 0.3 is 0 Å². The number of aromatic amines is 1. The van der Waals surface area contributed by atoms with Crippen LogP contribution in [-0.4, -0.2) is 17.3 Å². The largest absolute Gasteiger partial charge is 0.497 e. The minimum atomic E-state index is -0.193. The molecule has 4 nitrogen and oxygen atoms in total. The van der Waals surface area contributed by atoms with Crippen LogP contribution in [0.15, 0.2) is 35.1 Å². The maximum atomic E-state index is 11.1. The predicted molar refractivity (Wildman–Crippen MR) is 68.6 cm³/mol. The molecule has 0 radical (unpaired) electrons. The van der Waals surface area contributed by atoms with Gasteiger partial charge in [0.05, 0.1) is 7.11 Å². The van der Waals surface area contributed by atoms with E-state index in [4.69, 9.17) is 4.74 Å². The highest BCUT2D eigenvalue weighted by Crippen LogP contribution is 2.11. The summed E-state index contributed by atoms with van der Waals surface area (Å²) in [6, 6.07) is 9.10. The molecule has 0 unspecified atom stereocenters. The summed E-state index contributed by atoms with van der Waals surface area (Å²) in [4.78, 5) is 11.1. The van der Waals surface area contributed by atoms with Crippen molar-refractivity contribution in [3.8, 4) is 17.6 Å². The molecule has 0 aliphatic heterocycles. The number of H-pyrrole nitrogens is 1. The Hall–Kier alpha value is -2.54. The van der Waals surface area contributed by atoms with Crippen molar-refractivity contribution in [2.45, 2.75) is 6.92 Å². The first-order chi connectivity index (χ1) is 8.69. The van der Waals surface area contributed by atoms with Crippen molar-refractivity contribution in [3.05, 3.63) is 57.5 Å². The average molecular weight is 240 g/mol. The second kappa shape index (κ2) is 5.19. The number of aryl methyl sites for hydroxylation is 1. The maximum absolute atomic E-state index is 11.1. The van der Waals surface area contributed by atoms with Crippen molar-refractivity contribution in [2.24, 2.45) is 0 Å². The van der Waals surface area contributed by atoms with Gasteiger partial charge in [0.15, 0.2) is 0 Å². The SMILES string of the molecule is COc1cccc(C#Cc2cc(C)c(=O)[nH]n2)c1. The summed E-state index contributed by atoms with van der Waals surface area (Å²) in [6.45, 7) is 1.72. The third kappa shape index (κ3) is 2.77. The molecule has 0 saturated heterocycles. The second-order valence-electron chi connectivity index (χ2n) is 3.75. The minimum Gasteiger partial charge on any atom is -0.497 e. The fourth-order valence-electron chi connectivity index (χ4n) is 1.40. The van der Waals surface area contributed by atoms with Crippen LogP contribution < -0.4 is 10.3 Å². The Morgan fingerprint density at radius 3 is 2.83 bits per heavy atom. The normalized spacial score (nSPS) is 9.44. The number of hydrogen-bond donors (Lipinski definition) is 1. The van der Waals surface area contributed by atoms with Gasteiger partial charge in [-0.3, -0.25) is 4.79 Å². The fraction of sp³-hybridized carbons (Fsp3) is 0.143. The molecule has 0 aliphatic carbocycles. The van der Waals surface area contributed by atoms with Crippen LogP contribution >= 0.6 is 0 Å². The molecule has 0 saturated carbocycles. The molecule has 1 aromatic carbocycles. The van der Waals surface area contributed by atoms with Gasteiger partial charge in [0, 0.05) is 11.1 Å². The van der Waals surface area contributed by atoms with Crippen molar-refractivity contribution >= 4 is 0 Å². The highest BCUT2D eigenvalue weighted by Gasteiger charge is 1.95. The Bertz CT molecular complexity index is 678. The summed E-state index contributed by atoms with van der Waals surface area (Å²) >= 11 is 0. The molecule has 18 heavy (non-hydrogen) atoms. The Balaban J connectivity index is 2.30. The lowest BCUT2D eigenvalue weighted by molar-refractivity contribution is 0.414. The second-order valence-corrected chi connectivity index (χ2v) is 3.75. The summed E-state index contributed by atoms with van der Waals surface area (Å²) in [5, 5.41) is 6.25. The Kier molecular flexibility index (Phi) is 3.44. The third-order valence-electron chi connectivity index (χ3n) is 2.39. The third-order valence-corrected chi connectivity index (χ3v) is 2.39. The van der Waals surface area contributed by atoms with Gasteiger partial charge in [0.1, 0.15) is 11.4 Å². The molecule has 1 N–H and O–H groups in total. The molecular formula is C14H12N2O2. The van der Waals surface area contributed by atoms with Crippen LogP contribution in [0.25, 0.3) is 0 Å². The Labute approximate surface area is 105 Å². The molecule has 0 spiro atoms. The van der Waals surface area contributed by atoms with E-state index >= 15 is 0 Å². The monoisotopic (exact) mass is 240 g/mol. The van der Waals surface area contributed by atoms with E-state index in [9.17, 15) is 4.79 Å². The van der Waals surface area contributed by atoms with E-state index in [0.29, 0.717) is 11.3 Å². The molecular weight excluding hydrogens is 228 g/mol. The summed E-state index contributed by atoms with van der Waals surface area (Å²) in [6.07, 6.45) is 0. The molecule has 4 heteroatoms. The lowest BCUT2D eigenvalue weighted by Crippen LogP contribution is -2.11. The van der Waals surface area contributed by atoms with E-state index in [1.54, 1.807) is 20.1 Å². The first-order valence-electron chi connectivity index (χ1n) is 5.41. The molecule has 2 aromatic rings. The van der Waals surface area contributed by atoms with E-state index < -0.39 is 0 Å². The van der Waals surface area contributed by atoms with Gasteiger partial charge in [0.25, 0.3) is 5.56 Å². The van der Waals surface area contributed by atoms with Crippen molar-refractivity contribution in [3.63, 3.8) is 0 Å². The van der Waals surface area contributed by atoms with Gasteiger partial charge in [-0.15, -0.1) is 0 Å². The highest BCUT2D eigenvalue weighted by molar-refractivity contribution is 5.43. The van der Waals surface area contributed by atoms with Crippen LogP contribution in [0.1, 0.15) is 16.8 Å². The number of ether oxygens (including phenoxy) is 1. The number of benzene rings is 1. The fourth-order valence-corrected chi connectivity index (χ4v) is 1.40. The average Bonchev–Trinajstić information content (AvgIpc) is 2.40.